The number of hydrogen-bond acceptors (Lipinski definition) is 4. The maximum atomic E-state index is 13.7. The molecule has 3 atom stereocenters. The zero-order valence-corrected chi connectivity index (χ0v) is 19.0. The van der Waals surface area contributed by atoms with Crippen molar-refractivity contribution in [3.8, 4) is 0 Å². The van der Waals surface area contributed by atoms with Crippen LogP contribution in [0.4, 0.5) is 0 Å². The summed E-state index contributed by atoms with van der Waals surface area (Å²) in [7, 11) is 0. The Morgan fingerprint density at radius 2 is 1.44 bits per heavy atom. The van der Waals surface area contributed by atoms with Gasteiger partial charge in [-0.2, -0.15) is 5.01 Å². The smallest absolute Gasteiger partial charge is 0.265 e. The van der Waals surface area contributed by atoms with E-state index in [1.165, 1.54) is 11.9 Å². The van der Waals surface area contributed by atoms with E-state index in [9.17, 15) is 14.4 Å². The second kappa shape index (κ2) is 8.72. The minimum Gasteiger partial charge on any atom is -0.338 e. The highest BCUT2D eigenvalue weighted by molar-refractivity contribution is 6.00. The second-order valence-corrected chi connectivity index (χ2v) is 8.69. The Labute approximate surface area is 198 Å². The van der Waals surface area contributed by atoms with Gasteiger partial charge in [-0.1, -0.05) is 78.4 Å². The van der Waals surface area contributed by atoms with Gasteiger partial charge in [-0.15, -0.1) is 0 Å². The maximum Gasteiger partial charge on any atom is 0.265 e. The molecule has 0 unspecified atom stereocenters. The average molecular weight is 452 g/mol. The van der Waals surface area contributed by atoms with E-state index in [0.717, 1.165) is 16.7 Å². The minimum atomic E-state index is -0.812. The van der Waals surface area contributed by atoms with Crippen LogP contribution in [-0.2, 0) is 9.59 Å². The molecule has 1 N–H and O–H groups in total. The molecule has 0 bridgehead atoms. The number of rotatable bonds is 5. The van der Waals surface area contributed by atoms with Gasteiger partial charge in [0.15, 0.2) is 5.78 Å². The molecule has 6 heteroatoms. The van der Waals surface area contributed by atoms with E-state index in [1.807, 2.05) is 72.6 Å². The van der Waals surface area contributed by atoms with Gasteiger partial charge >= 0.3 is 0 Å². The van der Waals surface area contributed by atoms with Gasteiger partial charge in [0.2, 0.25) is 0 Å². The summed E-state index contributed by atoms with van der Waals surface area (Å²) in [6.45, 7) is 3.53. The van der Waals surface area contributed by atoms with Crippen LogP contribution in [0.15, 0.2) is 96.7 Å². The predicted octanol–water partition coefficient (Wildman–Crippen LogP) is 4.12. The first-order chi connectivity index (χ1) is 16.5. The molecule has 2 heterocycles. The van der Waals surface area contributed by atoms with E-state index in [-0.39, 0.29) is 17.6 Å². The van der Waals surface area contributed by atoms with Crippen molar-refractivity contribution < 1.29 is 14.4 Å². The lowest BCUT2D eigenvalue weighted by atomic mass is 9.92. The average Bonchev–Trinajstić information content (AvgIpc) is 3.36. The molecular weight excluding hydrogens is 426 g/mol. The van der Waals surface area contributed by atoms with Crippen LogP contribution in [0.3, 0.4) is 0 Å². The molecule has 0 spiro atoms. The highest BCUT2D eigenvalue weighted by atomic mass is 16.2. The molecule has 6 nitrogen and oxygen atoms in total. The van der Waals surface area contributed by atoms with Crippen molar-refractivity contribution in [1.29, 1.82) is 0 Å². The topological polar surface area (TPSA) is 69.7 Å². The number of nitrogens with zero attached hydrogens (tertiary/aromatic N) is 2. The minimum absolute atomic E-state index is 0.0931. The third-order valence-electron chi connectivity index (χ3n) is 6.43. The van der Waals surface area contributed by atoms with Crippen LogP contribution in [0, 0.1) is 6.92 Å². The van der Waals surface area contributed by atoms with Crippen molar-refractivity contribution in [1.82, 2.24) is 15.3 Å². The number of nitrogens with one attached hydrogen (secondary N) is 1. The van der Waals surface area contributed by atoms with Crippen molar-refractivity contribution in [2.45, 2.75) is 32.0 Å². The summed E-state index contributed by atoms with van der Waals surface area (Å²) in [5.41, 5.74) is 3.94. The third-order valence-corrected chi connectivity index (χ3v) is 6.43. The highest BCUT2D eigenvalue weighted by Gasteiger charge is 2.54. The number of hydrazine groups is 1. The van der Waals surface area contributed by atoms with Gasteiger partial charge < -0.3 is 5.32 Å². The van der Waals surface area contributed by atoms with Gasteiger partial charge in [0.05, 0.1) is 12.1 Å². The number of amides is 2. The van der Waals surface area contributed by atoms with E-state index >= 15 is 0 Å². The number of aryl methyl sites for hydroxylation is 1. The number of carbonyl (C=O) groups excluding carboxylic acids is 3. The Kier molecular flexibility index (Phi) is 5.59. The standard InChI is InChI=1S/C28H25N3O3/c1-18-13-15-21(16-14-18)25-23(19(2)32)17-30-28(34)24(29-27(33)22-11-7-4-8-12-22)26(31(25)30)20-9-5-3-6-10-20/h3-17,24-26H,1-2H3,(H,29,33)/t24-,25+,26-/m1/s1. The molecule has 1 saturated heterocycles. The third kappa shape index (κ3) is 3.72. The number of fused-ring (bicyclic) bond motifs is 1. The van der Waals surface area contributed by atoms with E-state index < -0.39 is 18.1 Å². The van der Waals surface area contributed by atoms with Crippen molar-refractivity contribution in [3.63, 3.8) is 0 Å². The SMILES string of the molecule is CC(=O)C1=CN2C(=O)[C@H](NC(=O)c3ccccc3)[C@@H](c3ccccc3)N2[C@H]1c1ccc(C)cc1. The molecule has 3 aromatic carbocycles. The first-order valence-corrected chi connectivity index (χ1v) is 11.3. The Hall–Kier alpha value is -4.03. The van der Waals surface area contributed by atoms with Crippen LogP contribution >= 0.6 is 0 Å². The summed E-state index contributed by atoms with van der Waals surface area (Å²) in [6, 6.07) is 24.7. The summed E-state index contributed by atoms with van der Waals surface area (Å²) >= 11 is 0. The predicted molar refractivity (Wildman–Crippen MR) is 128 cm³/mol. The fourth-order valence-corrected chi connectivity index (χ4v) is 4.75. The lowest BCUT2D eigenvalue weighted by molar-refractivity contribution is -0.134. The van der Waals surface area contributed by atoms with Gasteiger partial charge in [0, 0.05) is 17.3 Å². The van der Waals surface area contributed by atoms with E-state index in [2.05, 4.69) is 5.32 Å². The lowest BCUT2D eigenvalue weighted by Gasteiger charge is -2.33. The largest absolute Gasteiger partial charge is 0.338 e. The van der Waals surface area contributed by atoms with E-state index in [1.54, 1.807) is 30.5 Å². The first-order valence-electron chi connectivity index (χ1n) is 11.3. The van der Waals surface area contributed by atoms with Crippen LogP contribution < -0.4 is 5.32 Å². The molecular formula is C28H25N3O3. The molecule has 2 aliphatic heterocycles. The summed E-state index contributed by atoms with van der Waals surface area (Å²) in [4.78, 5) is 39.3. The summed E-state index contributed by atoms with van der Waals surface area (Å²) in [5.74, 6) is -0.680. The van der Waals surface area contributed by atoms with E-state index in [4.69, 9.17) is 0 Å². The Morgan fingerprint density at radius 1 is 0.824 bits per heavy atom. The van der Waals surface area contributed by atoms with Crippen molar-refractivity contribution in [3.05, 3.63) is 119 Å². The van der Waals surface area contributed by atoms with Crippen LogP contribution in [0.1, 0.15) is 46.1 Å². The number of ketones is 1. The summed E-state index contributed by atoms with van der Waals surface area (Å²) in [5, 5.41) is 6.40. The Balaban J connectivity index is 1.60. The summed E-state index contributed by atoms with van der Waals surface area (Å²) in [6.07, 6.45) is 1.62. The Morgan fingerprint density at radius 3 is 2.06 bits per heavy atom. The fraction of sp³-hybridized carbons (Fsp3) is 0.179. The molecule has 0 radical (unpaired) electrons. The number of carbonyl (C=O) groups is 3. The monoisotopic (exact) mass is 451 g/mol. The molecule has 1 fully saturated rings. The highest BCUT2D eigenvalue weighted by Crippen LogP contribution is 2.47. The maximum absolute atomic E-state index is 13.7. The van der Waals surface area contributed by atoms with Gasteiger partial charge in [-0.3, -0.25) is 14.4 Å². The number of Topliss-reactive ketones (excluding diaryl/α,β-unsaturated/α-hetero) is 1. The van der Waals surface area contributed by atoms with Crippen molar-refractivity contribution >= 4 is 17.6 Å². The van der Waals surface area contributed by atoms with Crippen molar-refractivity contribution in [2.75, 3.05) is 0 Å². The van der Waals surface area contributed by atoms with E-state index in [0.29, 0.717) is 11.1 Å². The zero-order valence-electron chi connectivity index (χ0n) is 19.0. The second-order valence-electron chi connectivity index (χ2n) is 8.69. The normalized spacial score (nSPS) is 21.8. The Bertz CT molecular complexity index is 1270. The van der Waals surface area contributed by atoms with Crippen molar-refractivity contribution in [2.24, 2.45) is 0 Å². The lowest BCUT2D eigenvalue weighted by Crippen LogP contribution is -2.43. The molecule has 2 amide bonds. The van der Waals surface area contributed by atoms with Gasteiger partial charge in [-0.25, -0.2) is 5.01 Å². The summed E-state index contributed by atoms with van der Waals surface area (Å²) < 4.78 is 0. The first kappa shape index (κ1) is 21.8. The van der Waals surface area contributed by atoms with Gasteiger partial charge in [0.25, 0.3) is 11.8 Å². The van der Waals surface area contributed by atoms with Crippen LogP contribution in [0.2, 0.25) is 0 Å². The van der Waals surface area contributed by atoms with Crippen LogP contribution in [0.25, 0.3) is 0 Å². The number of benzene rings is 3. The van der Waals surface area contributed by atoms with Gasteiger partial charge in [0.1, 0.15) is 6.04 Å². The molecule has 170 valence electrons. The van der Waals surface area contributed by atoms with Gasteiger partial charge in [-0.05, 0) is 37.1 Å². The molecule has 3 aromatic rings. The van der Waals surface area contributed by atoms with Crippen LogP contribution in [0.5, 0.6) is 0 Å². The molecule has 0 aliphatic carbocycles. The zero-order chi connectivity index (χ0) is 23.8. The molecule has 0 aromatic heterocycles. The molecule has 2 aliphatic rings. The molecule has 34 heavy (non-hydrogen) atoms. The molecule has 0 saturated carbocycles. The number of hydrogen-bond donors (Lipinski definition) is 1. The van der Waals surface area contributed by atoms with Crippen LogP contribution in [-0.4, -0.2) is 33.7 Å². The molecule has 5 rings (SSSR count). The fourth-order valence-electron chi connectivity index (χ4n) is 4.75. The quantitative estimate of drug-likeness (QED) is 0.634.